The van der Waals surface area contributed by atoms with Crippen molar-refractivity contribution in [2.24, 2.45) is 0 Å². The lowest BCUT2D eigenvalue weighted by Crippen LogP contribution is -2.07. The Bertz CT molecular complexity index is 715. The van der Waals surface area contributed by atoms with Crippen LogP contribution in [0.4, 0.5) is 5.82 Å². The Kier molecular flexibility index (Phi) is 5.38. The number of esters is 1. The zero-order chi connectivity index (χ0) is 16.2. The summed E-state index contributed by atoms with van der Waals surface area (Å²) in [6, 6.07) is 0. The quantitative estimate of drug-likeness (QED) is 0.657. The number of nitrogens with two attached hydrogens (primary N) is 1. The number of carbonyl (C=O) groups is 1. The second kappa shape index (κ2) is 7.49. The summed E-state index contributed by atoms with van der Waals surface area (Å²) in [5.74, 6) is 1.97. The molecular weight excluding hydrogens is 330 g/mol. The molecule has 0 radical (unpaired) electrons. The summed E-state index contributed by atoms with van der Waals surface area (Å²) in [6.07, 6.45) is 5.96. The summed E-state index contributed by atoms with van der Waals surface area (Å²) in [6.45, 7) is 2.22. The van der Waals surface area contributed by atoms with E-state index in [-0.39, 0.29) is 5.97 Å². The van der Waals surface area contributed by atoms with Crippen molar-refractivity contribution < 1.29 is 9.53 Å². The van der Waals surface area contributed by atoms with Crippen LogP contribution in [0.15, 0.2) is 0 Å². The molecule has 0 aromatic carbocycles. The summed E-state index contributed by atoms with van der Waals surface area (Å²) >= 11 is 3.22. The van der Waals surface area contributed by atoms with Crippen molar-refractivity contribution in [3.8, 4) is 0 Å². The van der Waals surface area contributed by atoms with Gasteiger partial charge in [-0.2, -0.15) is 0 Å². The highest BCUT2D eigenvalue weighted by Gasteiger charge is 2.19. The first-order valence-electron chi connectivity index (χ1n) is 7.99. The molecule has 0 spiro atoms. The lowest BCUT2D eigenvalue weighted by molar-refractivity contribution is -0.139. The van der Waals surface area contributed by atoms with E-state index in [4.69, 9.17) is 10.5 Å². The fourth-order valence-corrected chi connectivity index (χ4v) is 4.85. The van der Waals surface area contributed by atoms with Gasteiger partial charge in [0.05, 0.1) is 23.5 Å². The third kappa shape index (κ3) is 3.77. The topological polar surface area (TPSA) is 78.1 Å². The maximum atomic E-state index is 11.4. The van der Waals surface area contributed by atoms with Gasteiger partial charge in [0.2, 0.25) is 0 Å². The van der Waals surface area contributed by atoms with Gasteiger partial charge in [-0.15, -0.1) is 23.1 Å². The fourth-order valence-electron chi connectivity index (χ4n) is 2.90. The Morgan fingerprint density at radius 3 is 2.96 bits per heavy atom. The first kappa shape index (κ1) is 16.5. The number of hydrogen-bond donors (Lipinski definition) is 1. The number of carbonyl (C=O) groups excluding carboxylic acids is 1. The SMILES string of the molecule is CCOC(=O)CSCc1nc(N)c2c3c(sc2n1)CCCCC3. The molecule has 0 amide bonds. The van der Waals surface area contributed by atoms with Crippen LogP contribution in [-0.4, -0.2) is 28.3 Å². The molecule has 2 aromatic heterocycles. The predicted molar refractivity (Wildman–Crippen MR) is 95.9 cm³/mol. The second-order valence-corrected chi connectivity index (χ2v) is 7.64. The van der Waals surface area contributed by atoms with Crippen LogP contribution in [0, 0.1) is 0 Å². The van der Waals surface area contributed by atoms with Gasteiger partial charge in [-0.1, -0.05) is 6.42 Å². The van der Waals surface area contributed by atoms with E-state index >= 15 is 0 Å². The number of aromatic nitrogens is 2. The number of thioether (sulfide) groups is 1. The third-order valence-electron chi connectivity index (χ3n) is 3.90. The van der Waals surface area contributed by atoms with Crippen molar-refractivity contribution in [1.82, 2.24) is 9.97 Å². The molecular formula is C16H21N3O2S2. The molecule has 7 heteroatoms. The lowest BCUT2D eigenvalue weighted by Gasteiger charge is -2.05. The zero-order valence-corrected chi connectivity index (χ0v) is 14.9. The molecule has 0 aliphatic heterocycles. The average Bonchev–Trinajstić information content (AvgIpc) is 2.70. The van der Waals surface area contributed by atoms with E-state index in [0.717, 1.165) is 23.1 Å². The number of aryl methyl sites for hydroxylation is 2. The highest BCUT2D eigenvalue weighted by atomic mass is 32.2. The summed E-state index contributed by atoms with van der Waals surface area (Å²) in [4.78, 5) is 22.9. The van der Waals surface area contributed by atoms with E-state index in [2.05, 4.69) is 9.97 Å². The van der Waals surface area contributed by atoms with Crippen molar-refractivity contribution in [1.29, 1.82) is 0 Å². The number of thiophene rings is 1. The van der Waals surface area contributed by atoms with E-state index in [1.54, 1.807) is 18.3 Å². The van der Waals surface area contributed by atoms with Gasteiger partial charge in [-0.3, -0.25) is 4.79 Å². The maximum Gasteiger partial charge on any atom is 0.315 e. The second-order valence-electron chi connectivity index (χ2n) is 5.57. The van der Waals surface area contributed by atoms with E-state index in [0.29, 0.717) is 29.8 Å². The Morgan fingerprint density at radius 1 is 1.30 bits per heavy atom. The molecule has 3 rings (SSSR count). The molecule has 23 heavy (non-hydrogen) atoms. The number of nitrogen functional groups attached to an aromatic ring is 1. The van der Waals surface area contributed by atoms with Gasteiger partial charge in [-0.25, -0.2) is 9.97 Å². The van der Waals surface area contributed by atoms with Crippen LogP contribution >= 0.6 is 23.1 Å². The lowest BCUT2D eigenvalue weighted by atomic mass is 10.1. The van der Waals surface area contributed by atoms with Crippen LogP contribution in [0.3, 0.4) is 0 Å². The van der Waals surface area contributed by atoms with Crippen LogP contribution in [-0.2, 0) is 28.1 Å². The molecule has 1 aliphatic carbocycles. The average molecular weight is 351 g/mol. The van der Waals surface area contributed by atoms with Gasteiger partial charge in [0, 0.05) is 4.88 Å². The maximum absolute atomic E-state index is 11.4. The monoisotopic (exact) mass is 351 g/mol. The number of ether oxygens (including phenoxy) is 1. The first-order chi connectivity index (χ1) is 11.2. The minimum Gasteiger partial charge on any atom is -0.465 e. The summed E-state index contributed by atoms with van der Waals surface area (Å²) in [7, 11) is 0. The van der Waals surface area contributed by atoms with Crippen LogP contribution in [0.25, 0.3) is 10.2 Å². The molecule has 0 saturated carbocycles. The molecule has 5 nitrogen and oxygen atoms in total. The number of fused-ring (bicyclic) bond motifs is 3. The molecule has 1 aliphatic rings. The summed E-state index contributed by atoms with van der Waals surface area (Å²) in [5, 5.41) is 1.06. The Morgan fingerprint density at radius 2 is 2.13 bits per heavy atom. The molecule has 0 bridgehead atoms. The largest absolute Gasteiger partial charge is 0.465 e. The van der Waals surface area contributed by atoms with E-state index in [9.17, 15) is 4.79 Å². The first-order valence-corrected chi connectivity index (χ1v) is 9.96. The normalized spacial score (nSPS) is 14.5. The van der Waals surface area contributed by atoms with Crippen molar-refractivity contribution in [2.45, 2.75) is 44.8 Å². The Labute approximate surface area is 144 Å². The van der Waals surface area contributed by atoms with Gasteiger partial charge in [0.25, 0.3) is 0 Å². The molecule has 0 unspecified atom stereocenters. The highest BCUT2D eigenvalue weighted by Crippen LogP contribution is 2.37. The zero-order valence-electron chi connectivity index (χ0n) is 13.3. The minimum absolute atomic E-state index is 0.200. The molecule has 2 aromatic rings. The number of anilines is 1. The summed E-state index contributed by atoms with van der Waals surface area (Å²) in [5.41, 5.74) is 7.58. The molecule has 0 fully saturated rings. The Balaban J connectivity index is 1.77. The van der Waals surface area contributed by atoms with Gasteiger partial charge >= 0.3 is 5.97 Å². The highest BCUT2D eigenvalue weighted by molar-refractivity contribution is 7.99. The standard InChI is InChI=1S/C16H21N3O2S2/c1-2-21-13(20)9-22-8-12-18-15(17)14-10-6-4-3-5-7-11(10)23-16(14)19-12/h2-9H2,1H3,(H2,17,18,19). The van der Waals surface area contributed by atoms with Crippen LogP contribution in [0.1, 0.15) is 42.5 Å². The smallest absolute Gasteiger partial charge is 0.315 e. The van der Waals surface area contributed by atoms with Gasteiger partial charge < -0.3 is 10.5 Å². The predicted octanol–water partition coefficient (Wildman–Crippen LogP) is 3.34. The fraction of sp³-hybridized carbons (Fsp3) is 0.562. The van der Waals surface area contributed by atoms with E-state index in [1.165, 1.54) is 41.5 Å². The van der Waals surface area contributed by atoms with Crippen LogP contribution in [0.5, 0.6) is 0 Å². The van der Waals surface area contributed by atoms with Crippen molar-refractivity contribution >= 4 is 45.1 Å². The van der Waals surface area contributed by atoms with Crippen molar-refractivity contribution in [2.75, 3.05) is 18.1 Å². The minimum atomic E-state index is -0.200. The van der Waals surface area contributed by atoms with Gasteiger partial charge in [-0.05, 0) is 38.2 Å². The van der Waals surface area contributed by atoms with Gasteiger partial charge in [0.15, 0.2) is 0 Å². The van der Waals surface area contributed by atoms with Crippen molar-refractivity contribution in [3.63, 3.8) is 0 Å². The van der Waals surface area contributed by atoms with E-state index < -0.39 is 0 Å². The molecule has 124 valence electrons. The molecule has 0 atom stereocenters. The van der Waals surface area contributed by atoms with Crippen LogP contribution in [0.2, 0.25) is 0 Å². The van der Waals surface area contributed by atoms with Gasteiger partial charge in [0.1, 0.15) is 16.5 Å². The Hall–Kier alpha value is -1.34. The van der Waals surface area contributed by atoms with Crippen molar-refractivity contribution in [3.05, 3.63) is 16.3 Å². The summed E-state index contributed by atoms with van der Waals surface area (Å²) < 4.78 is 4.92. The molecule has 2 N–H and O–H groups in total. The molecule has 0 saturated heterocycles. The third-order valence-corrected chi connectivity index (χ3v) is 5.98. The molecule has 2 heterocycles. The van der Waals surface area contributed by atoms with E-state index in [1.807, 2.05) is 0 Å². The number of rotatable bonds is 5. The van der Waals surface area contributed by atoms with Crippen LogP contribution < -0.4 is 5.73 Å². The number of hydrogen-bond acceptors (Lipinski definition) is 7. The number of nitrogens with zero attached hydrogens (tertiary/aromatic N) is 2.